The van der Waals surface area contributed by atoms with Crippen LogP contribution in [0.2, 0.25) is 0 Å². The standard InChI is InChI=1S/C13H16IN3O/c1-4-15-12(18)13(2,3)9-5-6-11-10(14)7-16-17(11)8-9/h5-8H,4H2,1-3H3,(H,15,18). The summed E-state index contributed by atoms with van der Waals surface area (Å²) in [5.74, 6) is 0.0335. The van der Waals surface area contributed by atoms with E-state index in [4.69, 9.17) is 0 Å². The number of hydrogen-bond acceptors (Lipinski definition) is 2. The number of hydrogen-bond donors (Lipinski definition) is 1. The van der Waals surface area contributed by atoms with E-state index in [0.717, 1.165) is 14.7 Å². The number of carbonyl (C=O) groups is 1. The first-order chi connectivity index (χ1) is 8.46. The first-order valence-corrected chi connectivity index (χ1v) is 6.96. The number of rotatable bonds is 3. The van der Waals surface area contributed by atoms with Gasteiger partial charge >= 0.3 is 0 Å². The molecule has 0 aromatic carbocycles. The number of nitrogens with one attached hydrogen (secondary N) is 1. The molecule has 0 saturated carbocycles. The normalized spacial score (nSPS) is 11.8. The van der Waals surface area contributed by atoms with Crippen molar-refractivity contribution < 1.29 is 4.79 Å². The summed E-state index contributed by atoms with van der Waals surface area (Å²) in [6, 6.07) is 4.00. The van der Waals surface area contributed by atoms with Gasteiger partial charge in [-0.05, 0) is 55.0 Å². The summed E-state index contributed by atoms with van der Waals surface area (Å²) in [6.45, 7) is 6.42. The quantitative estimate of drug-likeness (QED) is 0.858. The zero-order valence-corrected chi connectivity index (χ0v) is 12.9. The highest BCUT2D eigenvalue weighted by molar-refractivity contribution is 14.1. The van der Waals surface area contributed by atoms with E-state index in [1.165, 1.54) is 0 Å². The van der Waals surface area contributed by atoms with Crippen molar-refractivity contribution in [1.29, 1.82) is 0 Å². The average Bonchev–Trinajstić information content (AvgIpc) is 2.71. The lowest BCUT2D eigenvalue weighted by atomic mass is 9.84. The molecule has 0 aliphatic carbocycles. The summed E-state index contributed by atoms with van der Waals surface area (Å²) in [5, 5.41) is 7.14. The second-order valence-electron chi connectivity index (χ2n) is 4.72. The van der Waals surface area contributed by atoms with Crippen LogP contribution in [0, 0.1) is 3.57 Å². The molecule has 0 atom stereocenters. The van der Waals surface area contributed by atoms with Gasteiger partial charge in [-0.15, -0.1) is 0 Å². The molecule has 0 fully saturated rings. The minimum Gasteiger partial charge on any atom is -0.356 e. The molecule has 0 aliphatic heterocycles. The van der Waals surface area contributed by atoms with Crippen LogP contribution < -0.4 is 5.32 Å². The molecule has 96 valence electrons. The largest absolute Gasteiger partial charge is 0.356 e. The zero-order valence-electron chi connectivity index (χ0n) is 10.7. The second-order valence-corrected chi connectivity index (χ2v) is 5.89. The third-order valence-corrected chi connectivity index (χ3v) is 3.93. The SMILES string of the molecule is CCNC(=O)C(C)(C)c1ccc2c(I)cnn2c1. The highest BCUT2D eigenvalue weighted by Gasteiger charge is 2.29. The fourth-order valence-electron chi connectivity index (χ4n) is 1.84. The van der Waals surface area contributed by atoms with Gasteiger partial charge in [0.1, 0.15) is 0 Å². The van der Waals surface area contributed by atoms with Crippen LogP contribution in [0.25, 0.3) is 5.52 Å². The van der Waals surface area contributed by atoms with Crippen molar-refractivity contribution in [2.75, 3.05) is 6.54 Å². The van der Waals surface area contributed by atoms with E-state index in [2.05, 4.69) is 33.0 Å². The molecule has 0 spiro atoms. The van der Waals surface area contributed by atoms with Crippen molar-refractivity contribution in [2.45, 2.75) is 26.2 Å². The van der Waals surface area contributed by atoms with Crippen LogP contribution in [-0.2, 0) is 10.2 Å². The first kappa shape index (κ1) is 13.3. The van der Waals surface area contributed by atoms with Crippen LogP contribution >= 0.6 is 22.6 Å². The molecule has 2 aromatic heterocycles. The highest BCUT2D eigenvalue weighted by Crippen LogP contribution is 2.24. The number of nitrogens with zero attached hydrogens (tertiary/aromatic N) is 2. The smallest absolute Gasteiger partial charge is 0.230 e. The number of fused-ring (bicyclic) bond motifs is 1. The van der Waals surface area contributed by atoms with Crippen LogP contribution in [0.1, 0.15) is 26.3 Å². The number of halogens is 1. The van der Waals surface area contributed by atoms with Crippen molar-refractivity contribution in [2.24, 2.45) is 0 Å². The molecule has 1 amide bonds. The number of likely N-dealkylation sites (N-methyl/N-ethyl adjacent to an activating group) is 1. The van der Waals surface area contributed by atoms with Crippen molar-refractivity contribution in [3.05, 3.63) is 33.7 Å². The van der Waals surface area contributed by atoms with Gasteiger partial charge in [0.25, 0.3) is 0 Å². The Hall–Kier alpha value is -1.11. The number of carbonyl (C=O) groups excluding carboxylic acids is 1. The molecule has 2 aromatic rings. The van der Waals surface area contributed by atoms with E-state index < -0.39 is 5.41 Å². The van der Waals surface area contributed by atoms with E-state index >= 15 is 0 Å². The van der Waals surface area contributed by atoms with Crippen molar-refractivity contribution in [3.8, 4) is 0 Å². The van der Waals surface area contributed by atoms with Gasteiger partial charge in [-0.3, -0.25) is 4.79 Å². The molecule has 2 rings (SSSR count). The van der Waals surface area contributed by atoms with Gasteiger partial charge in [-0.1, -0.05) is 6.07 Å². The van der Waals surface area contributed by atoms with E-state index in [-0.39, 0.29) is 5.91 Å². The minimum absolute atomic E-state index is 0.0335. The maximum absolute atomic E-state index is 12.1. The predicted octanol–water partition coefficient (Wildman–Crippen LogP) is 2.35. The fraction of sp³-hybridized carbons (Fsp3) is 0.385. The summed E-state index contributed by atoms with van der Waals surface area (Å²) >= 11 is 2.25. The molecule has 5 heteroatoms. The van der Waals surface area contributed by atoms with Gasteiger partial charge < -0.3 is 5.32 Å². The van der Waals surface area contributed by atoms with Crippen LogP contribution in [0.15, 0.2) is 24.5 Å². The Bertz CT molecular complexity index is 589. The monoisotopic (exact) mass is 357 g/mol. The summed E-state index contributed by atoms with van der Waals surface area (Å²) < 4.78 is 2.92. The summed E-state index contributed by atoms with van der Waals surface area (Å²) in [7, 11) is 0. The van der Waals surface area contributed by atoms with Crippen LogP contribution in [-0.4, -0.2) is 22.1 Å². The maximum Gasteiger partial charge on any atom is 0.230 e. The lowest BCUT2D eigenvalue weighted by Crippen LogP contribution is -2.40. The Kier molecular flexibility index (Phi) is 3.61. The molecule has 0 saturated heterocycles. The Morgan fingerprint density at radius 2 is 2.22 bits per heavy atom. The lowest BCUT2D eigenvalue weighted by molar-refractivity contribution is -0.125. The third kappa shape index (κ3) is 2.23. The summed E-state index contributed by atoms with van der Waals surface area (Å²) in [4.78, 5) is 12.1. The summed E-state index contributed by atoms with van der Waals surface area (Å²) in [6.07, 6.45) is 3.74. The van der Waals surface area contributed by atoms with Gasteiger partial charge in [0.2, 0.25) is 5.91 Å². The Morgan fingerprint density at radius 3 is 2.89 bits per heavy atom. The van der Waals surface area contributed by atoms with E-state index in [1.54, 1.807) is 0 Å². The molecular weight excluding hydrogens is 341 g/mol. The molecule has 0 radical (unpaired) electrons. The number of aromatic nitrogens is 2. The number of pyridine rings is 1. The molecule has 0 unspecified atom stereocenters. The second kappa shape index (κ2) is 4.87. The highest BCUT2D eigenvalue weighted by atomic mass is 127. The summed E-state index contributed by atoms with van der Waals surface area (Å²) in [5.41, 5.74) is 1.47. The Labute approximate surface area is 120 Å². The molecule has 0 aliphatic rings. The van der Waals surface area contributed by atoms with E-state index in [0.29, 0.717) is 6.54 Å². The van der Waals surface area contributed by atoms with Crippen LogP contribution in [0.4, 0.5) is 0 Å². The zero-order chi connectivity index (χ0) is 13.3. The average molecular weight is 357 g/mol. The Morgan fingerprint density at radius 1 is 1.50 bits per heavy atom. The molecule has 2 heterocycles. The van der Waals surface area contributed by atoms with E-state index in [9.17, 15) is 4.79 Å². The van der Waals surface area contributed by atoms with Gasteiger partial charge in [-0.2, -0.15) is 5.10 Å². The van der Waals surface area contributed by atoms with E-state index in [1.807, 2.05) is 49.8 Å². The topological polar surface area (TPSA) is 46.4 Å². The third-order valence-electron chi connectivity index (χ3n) is 3.10. The lowest BCUT2D eigenvalue weighted by Gasteiger charge is -2.23. The van der Waals surface area contributed by atoms with Crippen molar-refractivity contribution >= 4 is 34.0 Å². The molecule has 0 bridgehead atoms. The Balaban J connectivity index is 2.44. The van der Waals surface area contributed by atoms with Gasteiger partial charge in [-0.25, -0.2) is 4.52 Å². The molecular formula is C13H16IN3O. The predicted molar refractivity (Wildman–Crippen MR) is 79.6 cm³/mol. The van der Waals surface area contributed by atoms with Crippen LogP contribution in [0.5, 0.6) is 0 Å². The van der Waals surface area contributed by atoms with Crippen LogP contribution in [0.3, 0.4) is 0 Å². The van der Waals surface area contributed by atoms with Crippen molar-refractivity contribution in [1.82, 2.24) is 14.9 Å². The number of amides is 1. The molecule has 4 nitrogen and oxygen atoms in total. The minimum atomic E-state index is -0.554. The van der Waals surface area contributed by atoms with Gasteiger partial charge in [0.15, 0.2) is 0 Å². The maximum atomic E-state index is 12.1. The fourth-order valence-corrected chi connectivity index (χ4v) is 2.39. The van der Waals surface area contributed by atoms with Gasteiger partial charge in [0, 0.05) is 12.7 Å². The first-order valence-electron chi connectivity index (χ1n) is 5.88. The molecule has 1 N–H and O–H groups in total. The van der Waals surface area contributed by atoms with Crippen molar-refractivity contribution in [3.63, 3.8) is 0 Å². The molecule has 18 heavy (non-hydrogen) atoms. The van der Waals surface area contributed by atoms with Gasteiger partial charge in [0.05, 0.1) is 20.7 Å².